The summed E-state index contributed by atoms with van der Waals surface area (Å²) in [4.78, 5) is 23.4. The summed E-state index contributed by atoms with van der Waals surface area (Å²) in [7, 11) is 2.98. The van der Waals surface area contributed by atoms with Crippen molar-refractivity contribution in [1.82, 2.24) is 5.32 Å². The van der Waals surface area contributed by atoms with Gasteiger partial charge in [-0.1, -0.05) is 20.8 Å². The fraction of sp³-hybridized carbons (Fsp3) is 0.895. The van der Waals surface area contributed by atoms with Crippen LogP contribution in [0.3, 0.4) is 0 Å². The van der Waals surface area contributed by atoms with E-state index >= 15 is 0 Å². The standard InChI is InChI=1S/C19H33NO8/c1-8-9(2)18(28-16(17(22)23)15(8)24-6)27-14-10(3)11(4)26-19(25-7)13(14)20-12(5)21/h8-11,13-16,18-19H,1-7H3,(H,20,21)(H,22,23). The number of methoxy groups -OCH3 is 2. The number of aliphatic carboxylic acids is 1. The Balaban J connectivity index is 2.27. The Morgan fingerprint density at radius 3 is 2.04 bits per heavy atom. The highest BCUT2D eigenvalue weighted by Gasteiger charge is 2.50. The lowest BCUT2D eigenvalue weighted by molar-refractivity contribution is -0.313. The molecule has 0 saturated carbocycles. The predicted octanol–water partition coefficient (Wildman–Crippen LogP) is 1.00. The van der Waals surface area contributed by atoms with Crippen LogP contribution in [0.2, 0.25) is 0 Å². The molecule has 10 atom stereocenters. The molecular weight excluding hydrogens is 370 g/mol. The topological polar surface area (TPSA) is 113 Å². The van der Waals surface area contributed by atoms with Crippen molar-refractivity contribution in [1.29, 1.82) is 0 Å². The first-order chi connectivity index (χ1) is 13.1. The number of carboxylic acid groups (broad SMARTS) is 1. The number of hydrogen-bond acceptors (Lipinski definition) is 7. The van der Waals surface area contributed by atoms with Crippen molar-refractivity contribution in [3.05, 3.63) is 0 Å². The molecule has 28 heavy (non-hydrogen) atoms. The smallest absolute Gasteiger partial charge is 0.335 e. The largest absolute Gasteiger partial charge is 0.479 e. The van der Waals surface area contributed by atoms with Gasteiger partial charge in [0.25, 0.3) is 0 Å². The molecule has 9 nitrogen and oxygen atoms in total. The lowest BCUT2D eigenvalue weighted by Crippen LogP contribution is -2.63. The van der Waals surface area contributed by atoms with Gasteiger partial charge in [-0.05, 0) is 12.8 Å². The Morgan fingerprint density at radius 2 is 1.54 bits per heavy atom. The Kier molecular flexibility index (Phi) is 7.81. The Morgan fingerprint density at radius 1 is 0.893 bits per heavy atom. The molecule has 9 heteroatoms. The molecule has 2 heterocycles. The second kappa shape index (κ2) is 9.49. The fourth-order valence-corrected chi connectivity index (χ4v) is 3.98. The number of nitrogens with one attached hydrogen (secondary N) is 1. The SMILES string of the molecule is COC1OC(C)C(C)C(OC2OC(C(=O)O)C(OC)C(C)C2C)C1NC(C)=O. The molecule has 10 unspecified atom stereocenters. The Labute approximate surface area is 166 Å². The lowest BCUT2D eigenvalue weighted by Gasteiger charge is -2.48. The van der Waals surface area contributed by atoms with Crippen molar-refractivity contribution in [2.75, 3.05) is 14.2 Å². The minimum absolute atomic E-state index is 0.0854. The minimum Gasteiger partial charge on any atom is -0.479 e. The Hall–Kier alpha value is -1.26. The maximum Gasteiger partial charge on any atom is 0.335 e. The molecule has 2 saturated heterocycles. The average molecular weight is 403 g/mol. The number of carbonyl (C=O) groups excluding carboxylic acids is 1. The second-order valence-corrected chi connectivity index (χ2v) is 7.81. The zero-order valence-electron chi connectivity index (χ0n) is 17.6. The van der Waals surface area contributed by atoms with E-state index in [1.165, 1.54) is 21.1 Å². The van der Waals surface area contributed by atoms with Crippen LogP contribution in [-0.4, -0.2) is 74.2 Å². The lowest BCUT2D eigenvalue weighted by atomic mass is 9.84. The van der Waals surface area contributed by atoms with Gasteiger partial charge in [0.2, 0.25) is 5.91 Å². The third-order valence-corrected chi connectivity index (χ3v) is 6.02. The molecule has 0 aliphatic carbocycles. The van der Waals surface area contributed by atoms with Crippen LogP contribution in [0.25, 0.3) is 0 Å². The Bertz CT molecular complexity index is 558. The first kappa shape index (κ1) is 23.0. The van der Waals surface area contributed by atoms with Gasteiger partial charge in [0.05, 0.1) is 18.3 Å². The van der Waals surface area contributed by atoms with Crippen molar-refractivity contribution >= 4 is 11.9 Å². The van der Waals surface area contributed by atoms with Gasteiger partial charge in [0.1, 0.15) is 6.04 Å². The van der Waals surface area contributed by atoms with E-state index in [9.17, 15) is 14.7 Å². The normalized spacial score (nSPS) is 44.1. The molecule has 0 aromatic carbocycles. The highest BCUT2D eigenvalue weighted by atomic mass is 16.7. The highest BCUT2D eigenvalue weighted by molar-refractivity contribution is 5.73. The summed E-state index contributed by atoms with van der Waals surface area (Å²) in [6.07, 6.45) is -3.82. The van der Waals surface area contributed by atoms with Gasteiger partial charge in [0.15, 0.2) is 18.7 Å². The van der Waals surface area contributed by atoms with Crippen LogP contribution in [0.5, 0.6) is 0 Å². The van der Waals surface area contributed by atoms with Gasteiger partial charge in [-0.3, -0.25) is 4.79 Å². The molecule has 0 spiro atoms. The maximum absolute atomic E-state index is 11.7. The molecule has 0 bridgehead atoms. The number of amides is 1. The van der Waals surface area contributed by atoms with Crippen LogP contribution in [-0.2, 0) is 33.3 Å². The van der Waals surface area contributed by atoms with Crippen molar-refractivity contribution < 1.29 is 38.4 Å². The van der Waals surface area contributed by atoms with E-state index in [1.54, 1.807) is 0 Å². The number of carboxylic acids is 1. The molecule has 2 rings (SSSR count). The third kappa shape index (κ3) is 4.65. The number of carbonyl (C=O) groups is 2. The van der Waals surface area contributed by atoms with Crippen LogP contribution in [0, 0.1) is 17.8 Å². The molecule has 1 amide bonds. The second-order valence-electron chi connectivity index (χ2n) is 7.81. The van der Waals surface area contributed by atoms with Gasteiger partial charge < -0.3 is 34.1 Å². The number of rotatable bonds is 6. The van der Waals surface area contributed by atoms with Crippen LogP contribution in [0.4, 0.5) is 0 Å². The fourth-order valence-electron chi connectivity index (χ4n) is 3.98. The van der Waals surface area contributed by atoms with Crippen molar-refractivity contribution in [3.63, 3.8) is 0 Å². The maximum atomic E-state index is 11.7. The van der Waals surface area contributed by atoms with Gasteiger partial charge >= 0.3 is 5.97 Å². The highest BCUT2D eigenvalue weighted by Crippen LogP contribution is 2.37. The molecular formula is C19H33NO8. The summed E-state index contributed by atoms with van der Waals surface area (Å²) in [5.41, 5.74) is 0. The molecule has 0 radical (unpaired) electrons. The van der Waals surface area contributed by atoms with Crippen LogP contribution >= 0.6 is 0 Å². The molecule has 2 N–H and O–H groups in total. The summed E-state index contributed by atoms with van der Waals surface area (Å²) in [6, 6.07) is -0.553. The monoisotopic (exact) mass is 403 g/mol. The predicted molar refractivity (Wildman–Crippen MR) is 98.4 cm³/mol. The van der Waals surface area contributed by atoms with E-state index in [1.807, 2.05) is 27.7 Å². The molecule has 2 aliphatic rings. The van der Waals surface area contributed by atoms with Crippen LogP contribution in [0.15, 0.2) is 0 Å². The van der Waals surface area contributed by atoms with Crippen molar-refractivity contribution in [2.45, 2.75) is 77.7 Å². The average Bonchev–Trinajstić information content (AvgIpc) is 2.63. The summed E-state index contributed by atoms with van der Waals surface area (Å²) in [5.74, 6) is -1.64. The summed E-state index contributed by atoms with van der Waals surface area (Å²) >= 11 is 0. The van der Waals surface area contributed by atoms with Crippen molar-refractivity contribution in [3.8, 4) is 0 Å². The zero-order chi connectivity index (χ0) is 21.2. The third-order valence-electron chi connectivity index (χ3n) is 6.02. The van der Waals surface area contributed by atoms with Gasteiger partial charge in [-0.15, -0.1) is 0 Å². The number of ether oxygens (including phenoxy) is 5. The van der Waals surface area contributed by atoms with E-state index in [0.717, 1.165) is 0 Å². The van der Waals surface area contributed by atoms with E-state index in [2.05, 4.69) is 5.32 Å². The molecule has 0 aromatic heterocycles. The van der Waals surface area contributed by atoms with Crippen molar-refractivity contribution in [2.24, 2.45) is 17.8 Å². The first-order valence-corrected chi connectivity index (χ1v) is 9.64. The van der Waals surface area contributed by atoms with Gasteiger partial charge in [-0.2, -0.15) is 0 Å². The summed E-state index contributed by atoms with van der Waals surface area (Å²) in [5, 5.41) is 12.4. The molecule has 0 aromatic rings. The minimum atomic E-state index is -1.13. The molecule has 162 valence electrons. The first-order valence-electron chi connectivity index (χ1n) is 9.64. The summed E-state index contributed by atoms with van der Waals surface area (Å²) < 4.78 is 28.7. The van der Waals surface area contributed by atoms with Gasteiger partial charge in [-0.25, -0.2) is 4.79 Å². The molecule has 2 fully saturated rings. The van der Waals surface area contributed by atoms with Crippen LogP contribution < -0.4 is 5.32 Å². The van der Waals surface area contributed by atoms with E-state index in [-0.39, 0.29) is 29.8 Å². The van der Waals surface area contributed by atoms with E-state index < -0.39 is 42.9 Å². The van der Waals surface area contributed by atoms with E-state index in [0.29, 0.717) is 0 Å². The molecule has 2 aliphatic heterocycles. The van der Waals surface area contributed by atoms with Crippen LogP contribution in [0.1, 0.15) is 34.6 Å². The van der Waals surface area contributed by atoms with E-state index in [4.69, 9.17) is 23.7 Å². The quantitative estimate of drug-likeness (QED) is 0.675. The summed E-state index contributed by atoms with van der Waals surface area (Å²) in [6.45, 7) is 9.14. The number of hydrogen-bond donors (Lipinski definition) is 2. The zero-order valence-corrected chi connectivity index (χ0v) is 17.6. The van der Waals surface area contributed by atoms with Gasteiger partial charge in [0, 0.05) is 33.0 Å².